The van der Waals surface area contributed by atoms with E-state index in [9.17, 15) is 9.59 Å². The third kappa shape index (κ3) is 2.54. The Kier molecular flexibility index (Phi) is 3.05. The van der Waals surface area contributed by atoms with Crippen LogP contribution in [0.15, 0.2) is 0 Å². The maximum absolute atomic E-state index is 11.7. The van der Waals surface area contributed by atoms with Gasteiger partial charge in [0.05, 0.1) is 0 Å². The molecule has 0 amide bonds. The summed E-state index contributed by atoms with van der Waals surface area (Å²) in [5.41, 5.74) is 0. The summed E-state index contributed by atoms with van der Waals surface area (Å²) in [4.78, 5) is 23.1. The summed E-state index contributed by atoms with van der Waals surface area (Å²) in [5, 5.41) is 0. The van der Waals surface area contributed by atoms with Crippen molar-refractivity contribution in [1.82, 2.24) is 0 Å². The zero-order valence-corrected chi connectivity index (χ0v) is 9.77. The van der Waals surface area contributed by atoms with Crippen LogP contribution < -0.4 is 0 Å². The van der Waals surface area contributed by atoms with Crippen LogP contribution in [0, 0.1) is 5.92 Å². The fourth-order valence-electron chi connectivity index (χ4n) is 1.75. The summed E-state index contributed by atoms with van der Waals surface area (Å²) >= 11 is 1.64. The summed E-state index contributed by atoms with van der Waals surface area (Å²) in [6.07, 6.45) is 3.88. The predicted molar refractivity (Wildman–Crippen MR) is 58.8 cm³/mol. The van der Waals surface area contributed by atoms with Crippen molar-refractivity contribution in [3.05, 3.63) is 0 Å². The van der Waals surface area contributed by atoms with E-state index in [0.717, 1.165) is 31.4 Å². The molecule has 84 valence electrons. The standard InChI is InChI=1S/C11H16O3S/c1-11(5-2-6-15-11)10(13)14-7-9(12)8-3-4-8/h8H,2-7H2,1H3. The van der Waals surface area contributed by atoms with Gasteiger partial charge in [-0.1, -0.05) is 0 Å². The van der Waals surface area contributed by atoms with Gasteiger partial charge in [-0.05, 0) is 38.4 Å². The van der Waals surface area contributed by atoms with E-state index in [1.807, 2.05) is 6.92 Å². The number of carbonyl (C=O) groups is 2. The highest BCUT2D eigenvalue weighted by Gasteiger charge is 2.39. The van der Waals surface area contributed by atoms with Gasteiger partial charge >= 0.3 is 5.97 Å². The maximum Gasteiger partial charge on any atom is 0.322 e. The van der Waals surface area contributed by atoms with Gasteiger partial charge in [0.15, 0.2) is 5.78 Å². The van der Waals surface area contributed by atoms with Crippen LogP contribution in [0.1, 0.15) is 32.6 Å². The molecule has 2 fully saturated rings. The van der Waals surface area contributed by atoms with Gasteiger partial charge < -0.3 is 4.74 Å². The molecule has 0 aromatic rings. The van der Waals surface area contributed by atoms with E-state index in [1.54, 1.807) is 11.8 Å². The fourth-order valence-corrected chi connectivity index (χ4v) is 2.96. The molecule has 4 heteroatoms. The van der Waals surface area contributed by atoms with Crippen molar-refractivity contribution in [1.29, 1.82) is 0 Å². The Morgan fingerprint density at radius 2 is 2.20 bits per heavy atom. The summed E-state index contributed by atoms with van der Waals surface area (Å²) in [6.45, 7) is 1.90. The highest BCUT2D eigenvalue weighted by Crippen LogP contribution is 2.38. The highest BCUT2D eigenvalue weighted by molar-refractivity contribution is 8.01. The number of carbonyl (C=O) groups excluding carboxylic acids is 2. The quantitative estimate of drug-likeness (QED) is 0.688. The number of ether oxygens (including phenoxy) is 1. The second-order valence-corrected chi connectivity index (χ2v) is 6.10. The molecule has 0 bridgehead atoms. The third-order valence-corrected chi connectivity index (χ3v) is 4.53. The molecule has 2 aliphatic rings. The Morgan fingerprint density at radius 3 is 2.73 bits per heavy atom. The summed E-state index contributed by atoms with van der Waals surface area (Å²) in [6, 6.07) is 0. The first-order valence-electron chi connectivity index (χ1n) is 5.46. The van der Waals surface area contributed by atoms with Crippen LogP contribution in [0.2, 0.25) is 0 Å². The molecule has 0 radical (unpaired) electrons. The van der Waals surface area contributed by atoms with E-state index in [1.165, 1.54) is 0 Å². The molecule has 1 aliphatic carbocycles. The van der Waals surface area contributed by atoms with Gasteiger partial charge in [-0.3, -0.25) is 9.59 Å². The van der Waals surface area contributed by atoms with Gasteiger partial charge in [0.2, 0.25) is 0 Å². The molecule has 0 N–H and O–H groups in total. The van der Waals surface area contributed by atoms with E-state index in [-0.39, 0.29) is 24.3 Å². The number of esters is 1. The lowest BCUT2D eigenvalue weighted by atomic mass is 10.1. The van der Waals surface area contributed by atoms with Crippen molar-refractivity contribution in [2.75, 3.05) is 12.4 Å². The first kappa shape index (κ1) is 11.0. The molecule has 1 saturated heterocycles. The zero-order valence-electron chi connectivity index (χ0n) is 8.95. The molecule has 0 spiro atoms. The molecule has 0 aromatic heterocycles. The number of thioether (sulfide) groups is 1. The molecular formula is C11H16O3S. The molecule has 15 heavy (non-hydrogen) atoms. The van der Waals surface area contributed by atoms with Crippen molar-refractivity contribution in [3.8, 4) is 0 Å². The average molecular weight is 228 g/mol. The minimum absolute atomic E-state index is 0.0142. The summed E-state index contributed by atoms with van der Waals surface area (Å²) in [7, 11) is 0. The third-order valence-electron chi connectivity index (χ3n) is 3.03. The van der Waals surface area contributed by atoms with Gasteiger partial charge in [0.1, 0.15) is 11.4 Å². The molecule has 2 rings (SSSR count). The van der Waals surface area contributed by atoms with Crippen LogP contribution in [0.5, 0.6) is 0 Å². The topological polar surface area (TPSA) is 43.4 Å². The van der Waals surface area contributed by atoms with Gasteiger partial charge in [-0.25, -0.2) is 0 Å². The molecule has 1 saturated carbocycles. The number of Topliss-reactive ketones (excluding diaryl/α,β-unsaturated/α-hetero) is 1. The van der Waals surface area contributed by atoms with Crippen LogP contribution in [-0.2, 0) is 14.3 Å². The Balaban J connectivity index is 1.78. The lowest BCUT2D eigenvalue weighted by molar-refractivity contribution is -0.150. The Hall–Kier alpha value is -0.510. The van der Waals surface area contributed by atoms with Crippen LogP contribution in [0.25, 0.3) is 0 Å². The van der Waals surface area contributed by atoms with Crippen molar-refractivity contribution < 1.29 is 14.3 Å². The number of hydrogen-bond acceptors (Lipinski definition) is 4. The molecule has 1 heterocycles. The van der Waals surface area contributed by atoms with Crippen LogP contribution >= 0.6 is 11.8 Å². The van der Waals surface area contributed by atoms with Crippen molar-refractivity contribution in [3.63, 3.8) is 0 Å². The highest BCUT2D eigenvalue weighted by atomic mass is 32.2. The SMILES string of the molecule is CC1(C(=O)OCC(=O)C2CC2)CCCS1. The second-order valence-electron chi connectivity index (χ2n) is 4.50. The van der Waals surface area contributed by atoms with E-state index < -0.39 is 4.75 Å². The minimum atomic E-state index is -0.399. The first-order valence-corrected chi connectivity index (χ1v) is 6.44. The fraction of sp³-hybridized carbons (Fsp3) is 0.818. The number of ketones is 1. The average Bonchev–Trinajstić information content (AvgIpc) is 2.98. The largest absolute Gasteiger partial charge is 0.457 e. The summed E-state index contributed by atoms with van der Waals surface area (Å²) in [5.74, 6) is 1.08. The monoisotopic (exact) mass is 228 g/mol. The molecule has 3 nitrogen and oxygen atoms in total. The normalized spacial score (nSPS) is 30.2. The Morgan fingerprint density at radius 1 is 1.47 bits per heavy atom. The predicted octanol–water partition coefficient (Wildman–Crippen LogP) is 1.79. The maximum atomic E-state index is 11.7. The van der Waals surface area contributed by atoms with Crippen LogP contribution in [0.4, 0.5) is 0 Å². The van der Waals surface area contributed by atoms with Crippen molar-refractivity contribution >= 4 is 23.5 Å². The number of hydrogen-bond donors (Lipinski definition) is 0. The molecule has 0 aromatic carbocycles. The second kappa shape index (κ2) is 4.16. The van der Waals surface area contributed by atoms with E-state index in [4.69, 9.17) is 4.74 Å². The molecule has 1 aliphatic heterocycles. The minimum Gasteiger partial charge on any atom is -0.457 e. The lowest BCUT2D eigenvalue weighted by Crippen LogP contribution is -2.32. The van der Waals surface area contributed by atoms with Gasteiger partial charge in [0.25, 0.3) is 0 Å². The van der Waals surface area contributed by atoms with Crippen LogP contribution in [0.3, 0.4) is 0 Å². The van der Waals surface area contributed by atoms with Crippen LogP contribution in [-0.4, -0.2) is 28.9 Å². The van der Waals surface area contributed by atoms with Crippen molar-refractivity contribution in [2.24, 2.45) is 5.92 Å². The molecule has 1 unspecified atom stereocenters. The first-order chi connectivity index (χ1) is 7.12. The Labute approximate surface area is 93.9 Å². The van der Waals surface area contributed by atoms with Gasteiger partial charge in [-0.15, -0.1) is 11.8 Å². The van der Waals surface area contributed by atoms with Crippen molar-refractivity contribution in [2.45, 2.75) is 37.4 Å². The van der Waals surface area contributed by atoms with E-state index in [0.29, 0.717) is 0 Å². The van der Waals surface area contributed by atoms with Gasteiger partial charge in [0, 0.05) is 5.92 Å². The zero-order chi connectivity index (χ0) is 10.9. The smallest absolute Gasteiger partial charge is 0.322 e. The molecule has 1 atom stereocenters. The van der Waals surface area contributed by atoms with E-state index >= 15 is 0 Å². The summed E-state index contributed by atoms with van der Waals surface area (Å²) < 4.78 is 4.68. The Bertz CT molecular complexity index is 278. The lowest BCUT2D eigenvalue weighted by Gasteiger charge is -2.19. The van der Waals surface area contributed by atoms with Gasteiger partial charge in [-0.2, -0.15) is 0 Å². The number of rotatable bonds is 4. The molecular weight excluding hydrogens is 212 g/mol. The van der Waals surface area contributed by atoms with E-state index in [2.05, 4.69) is 0 Å².